The second-order valence-corrected chi connectivity index (χ2v) is 8.13. The van der Waals surface area contributed by atoms with Crippen molar-refractivity contribution in [2.45, 2.75) is 45.5 Å². The number of piperazine rings is 1. The minimum Gasteiger partial charge on any atom is -0.368 e. The van der Waals surface area contributed by atoms with Crippen LogP contribution in [0.15, 0.2) is 29.3 Å². The van der Waals surface area contributed by atoms with Crippen molar-refractivity contribution < 1.29 is 14.4 Å². The summed E-state index contributed by atoms with van der Waals surface area (Å²) >= 11 is 0. The average Bonchev–Trinajstić information content (AvgIpc) is 3.37. The highest BCUT2D eigenvalue weighted by molar-refractivity contribution is 5.99. The van der Waals surface area contributed by atoms with Crippen molar-refractivity contribution in [3.8, 4) is 0 Å². The van der Waals surface area contributed by atoms with E-state index in [9.17, 15) is 9.59 Å². The van der Waals surface area contributed by atoms with E-state index >= 15 is 0 Å². The summed E-state index contributed by atoms with van der Waals surface area (Å²) in [7, 11) is 0. The smallest absolute Gasteiger partial charge is 0.263 e. The van der Waals surface area contributed by atoms with E-state index in [4.69, 9.17) is 9.60 Å². The average molecular weight is 455 g/mol. The van der Waals surface area contributed by atoms with Gasteiger partial charge in [-0.25, -0.2) is 9.97 Å². The number of fused-ring (bicyclic) bond motifs is 1. The van der Waals surface area contributed by atoms with Gasteiger partial charge in [0, 0.05) is 47.8 Å². The molecule has 0 spiro atoms. The number of carbonyl (C=O) groups excluding carboxylic acids is 1. The Labute approximate surface area is 202 Å². The third-order valence-electron chi connectivity index (χ3n) is 5.96. The van der Waals surface area contributed by atoms with Crippen molar-refractivity contribution in [2.24, 2.45) is 0 Å². The lowest BCUT2D eigenvalue weighted by atomic mass is 10.0. The van der Waals surface area contributed by atoms with Crippen molar-refractivity contribution in [3.63, 3.8) is 0 Å². The maximum absolute atomic E-state index is 13.6. The maximum Gasteiger partial charge on any atom is 0.263 e. The lowest BCUT2D eigenvalue weighted by Crippen LogP contribution is -2.43. The summed E-state index contributed by atoms with van der Waals surface area (Å²) in [5.41, 5.74) is -1.04. The van der Waals surface area contributed by atoms with Gasteiger partial charge in [-0.05, 0) is 44.3 Å². The van der Waals surface area contributed by atoms with Crippen molar-refractivity contribution in [1.29, 1.82) is 0 Å². The van der Waals surface area contributed by atoms with E-state index in [1.165, 1.54) is 36.0 Å². The second kappa shape index (κ2) is 8.90. The number of hydrogen-bond acceptors (Lipinski definition) is 8. The molecular formula is C24H29N7O2. The van der Waals surface area contributed by atoms with Crippen LogP contribution in [-0.2, 0) is 0 Å². The lowest BCUT2D eigenvalue weighted by molar-refractivity contribution is 0.101. The van der Waals surface area contributed by atoms with E-state index in [0.717, 1.165) is 17.7 Å². The van der Waals surface area contributed by atoms with E-state index in [0.29, 0.717) is 12.8 Å². The van der Waals surface area contributed by atoms with Gasteiger partial charge < -0.3 is 15.5 Å². The molecule has 5 rings (SSSR count). The molecule has 172 valence electrons. The monoisotopic (exact) mass is 454 g/mol. The van der Waals surface area contributed by atoms with Crippen LogP contribution in [0.2, 0.25) is 0 Å². The number of rotatable bonds is 5. The molecule has 1 saturated heterocycles. The van der Waals surface area contributed by atoms with Crippen molar-refractivity contribution in [1.82, 2.24) is 24.8 Å². The Bertz CT molecular complexity index is 1500. The summed E-state index contributed by atoms with van der Waals surface area (Å²) in [4.78, 5) is 40.2. The highest BCUT2D eigenvalue weighted by Gasteiger charge is 2.25. The zero-order valence-corrected chi connectivity index (χ0v) is 18.2. The SMILES string of the molecule is [2H]C([2H])([2H])c1c(C(C)=O)c(=O)n(C2CCCC2)c2nc(Nc3ccc(N4C([2H])([2H])CNCC4([2H])[2H])cn3)ncc12. The molecule has 0 atom stereocenters. The zero-order chi connectivity index (χ0) is 29.0. The number of Topliss-reactive ketones (excluding diaryl/α,β-unsaturated/α-hetero) is 1. The Hall–Kier alpha value is -3.33. The predicted molar refractivity (Wildman–Crippen MR) is 129 cm³/mol. The van der Waals surface area contributed by atoms with Crippen molar-refractivity contribution in [3.05, 3.63) is 46.0 Å². The number of nitrogens with zero attached hydrogens (tertiary/aromatic N) is 5. The summed E-state index contributed by atoms with van der Waals surface area (Å²) in [6.45, 7) is -5.64. The summed E-state index contributed by atoms with van der Waals surface area (Å²) in [6, 6.07) is 2.81. The normalized spacial score (nSPS) is 23.5. The fraction of sp³-hybridized carbons (Fsp3) is 0.458. The third-order valence-corrected chi connectivity index (χ3v) is 5.96. The molecule has 0 bridgehead atoms. The van der Waals surface area contributed by atoms with E-state index < -0.39 is 31.2 Å². The lowest BCUT2D eigenvalue weighted by Gasteiger charge is -2.29. The van der Waals surface area contributed by atoms with Crippen LogP contribution in [0.25, 0.3) is 11.0 Å². The second-order valence-electron chi connectivity index (χ2n) is 8.13. The number of pyridine rings is 2. The van der Waals surface area contributed by atoms with Crippen LogP contribution in [0, 0.1) is 6.85 Å². The predicted octanol–water partition coefficient (Wildman–Crippen LogP) is 2.97. The molecule has 33 heavy (non-hydrogen) atoms. The van der Waals surface area contributed by atoms with Crippen molar-refractivity contribution >= 4 is 34.3 Å². The highest BCUT2D eigenvalue weighted by Crippen LogP contribution is 2.32. The number of aryl methyl sites for hydroxylation is 1. The van der Waals surface area contributed by atoms with Gasteiger partial charge in [-0.3, -0.25) is 14.2 Å². The van der Waals surface area contributed by atoms with Crippen LogP contribution in [0.5, 0.6) is 0 Å². The number of aromatic nitrogens is 4. The van der Waals surface area contributed by atoms with E-state index in [1.54, 1.807) is 0 Å². The largest absolute Gasteiger partial charge is 0.368 e. The molecule has 3 aromatic heterocycles. The van der Waals surface area contributed by atoms with Crippen LogP contribution in [0.3, 0.4) is 0 Å². The fourth-order valence-corrected chi connectivity index (χ4v) is 4.36. The Morgan fingerprint density at radius 2 is 2.00 bits per heavy atom. The minimum atomic E-state index is -2.75. The summed E-state index contributed by atoms with van der Waals surface area (Å²) in [5.74, 6) is -0.321. The first-order valence-corrected chi connectivity index (χ1v) is 10.9. The van der Waals surface area contributed by atoms with Crippen molar-refractivity contribution in [2.75, 3.05) is 36.3 Å². The van der Waals surface area contributed by atoms with Crippen LogP contribution < -0.4 is 21.1 Å². The molecule has 0 aromatic carbocycles. The van der Waals surface area contributed by atoms with E-state index in [1.807, 2.05) is 0 Å². The van der Waals surface area contributed by atoms with Gasteiger partial charge in [-0.1, -0.05) is 12.8 Å². The maximum atomic E-state index is 13.6. The molecule has 1 saturated carbocycles. The molecule has 4 heterocycles. The molecule has 9 heteroatoms. The molecule has 2 aliphatic rings. The Kier molecular flexibility index (Phi) is 3.98. The van der Waals surface area contributed by atoms with Crippen LogP contribution in [-0.4, -0.2) is 51.4 Å². The highest BCUT2D eigenvalue weighted by atomic mass is 16.1. The fourth-order valence-electron chi connectivity index (χ4n) is 4.36. The first-order chi connectivity index (χ1) is 18.7. The molecule has 2 fully saturated rings. The Morgan fingerprint density at radius 1 is 1.21 bits per heavy atom. The summed E-state index contributed by atoms with van der Waals surface area (Å²) in [6.07, 6.45) is 5.81. The van der Waals surface area contributed by atoms with Crippen LogP contribution in [0.1, 0.15) is 64.2 Å². The first-order valence-electron chi connectivity index (χ1n) is 14.4. The van der Waals surface area contributed by atoms with Gasteiger partial charge in [0.25, 0.3) is 5.56 Å². The molecule has 3 aromatic rings. The molecular weight excluding hydrogens is 418 g/mol. The van der Waals surface area contributed by atoms with Gasteiger partial charge in [0.2, 0.25) is 5.95 Å². The molecule has 2 N–H and O–H groups in total. The number of nitrogens with one attached hydrogen (secondary N) is 2. The van der Waals surface area contributed by atoms with Gasteiger partial charge in [-0.15, -0.1) is 0 Å². The molecule has 9 nitrogen and oxygen atoms in total. The van der Waals surface area contributed by atoms with Crippen LogP contribution in [0.4, 0.5) is 17.5 Å². The standard InChI is InChI=1S/C24H29N7O2/c1-15-19-14-27-24(28-20-8-7-18(13-26-20)30-11-9-25-10-12-30)29-22(19)31(17-5-3-4-6-17)23(33)21(15)16(2)32/h7-8,13-14,17,25H,3-6,9-12H2,1-2H3,(H,26,27,28,29)/i1D3,11D2,12D2. The molecule has 0 radical (unpaired) electrons. The summed E-state index contributed by atoms with van der Waals surface area (Å²) in [5, 5.41) is 5.79. The minimum absolute atomic E-state index is 0.0406. The zero-order valence-electron chi connectivity index (χ0n) is 25.2. The van der Waals surface area contributed by atoms with Gasteiger partial charge in [0.1, 0.15) is 11.5 Å². The quantitative estimate of drug-likeness (QED) is 0.567. The number of ketones is 1. The number of hydrogen-bond donors (Lipinski definition) is 2. The number of carbonyl (C=O) groups is 1. The van der Waals surface area contributed by atoms with E-state index in [2.05, 4.69) is 25.6 Å². The Balaban J connectivity index is 1.57. The molecule has 0 amide bonds. The van der Waals surface area contributed by atoms with Gasteiger partial charge >= 0.3 is 0 Å². The third kappa shape index (κ3) is 4.08. The van der Waals surface area contributed by atoms with Gasteiger partial charge in [0.15, 0.2) is 5.78 Å². The molecule has 1 aliphatic carbocycles. The topological polar surface area (TPSA) is 105 Å². The Morgan fingerprint density at radius 3 is 2.67 bits per heavy atom. The van der Waals surface area contributed by atoms with Gasteiger partial charge in [0.05, 0.1) is 22.9 Å². The summed E-state index contributed by atoms with van der Waals surface area (Å²) < 4.78 is 58.5. The van der Waals surface area contributed by atoms with E-state index in [-0.39, 0.29) is 58.7 Å². The van der Waals surface area contributed by atoms with Crippen LogP contribution >= 0.6 is 0 Å². The first kappa shape index (κ1) is 14.7. The molecule has 0 unspecified atom stereocenters. The van der Waals surface area contributed by atoms with Gasteiger partial charge in [-0.2, -0.15) is 4.98 Å². The number of anilines is 3. The molecule has 1 aliphatic heterocycles.